The number of amides is 2. The first-order valence-corrected chi connectivity index (χ1v) is 7.94. The Hall–Kier alpha value is -1.59. The van der Waals surface area contributed by atoms with E-state index in [4.69, 9.17) is 5.73 Å². The quantitative estimate of drug-likeness (QED) is 0.798. The normalized spacial score (nSPS) is 16.6. The molecule has 2 atom stereocenters. The van der Waals surface area contributed by atoms with E-state index in [9.17, 15) is 9.59 Å². The molecule has 0 bridgehead atoms. The molecule has 1 aromatic carbocycles. The Kier molecular flexibility index (Phi) is 8.06. The number of benzene rings is 1. The molecule has 0 spiro atoms. The molecule has 128 valence electrons. The highest BCUT2D eigenvalue weighted by atomic mass is 35.5. The number of halogens is 1. The molecule has 0 radical (unpaired) electrons. The third-order valence-corrected chi connectivity index (χ3v) is 3.94. The summed E-state index contributed by atoms with van der Waals surface area (Å²) in [6, 6.07) is 9.66. The number of carbonyl (C=O) groups excluding carboxylic acids is 2. The fourth-order valence-corrected chi connectivity index (χ4v) is 2.66. The molecule has 1 aliphatic heterocycles. The van der Waals surface area contributed by atoms with Crippen molar-refractivity contribution in [3.05, 3.63) is 35.9 Å². The Morgan fingerprint density at radius 2 is 2.04 bits per heavy atom. The van der Waals surface area contributed by atoms with Crippen LogP contribution in [0.15, 0.2) is 30.3 Å². The van der Waals surface area contributed by atoms with Crippen molar-refractivity contribution in [3.63, 3.8) is 0 Å². The largest absolute Gasteiger partial charge is 0.348 e. The van der Waals surface area contributed by atoms with Gasteiger partial charge in [-0.1, -0.05) is 30.3 Å². The van der Waals surface area contributed by atoms with Gasteiger partial charge in [-0.15, -0.1) is 12.4 Å². The number of likely N-dealkylation sites (tertiary alicyclic amines) is 1. The van der Waals surface area contributed by atoms with Crippen molar-refractivity contribution < 1.29 is 9.59 Å². The van der Waals surface area contributed by atoms with E-state index in [0.29, 0.717) is 25.8 Å². The number of carbonyl (C=O) groups is 2. The van der Waals surface area contributed by atoms with Crippen molar-refractivity contribution in [1.82, 2.24) is 10.2 Å². The van der Waals surface area contributed by atoms with Gasteiger partial charge in [0.1, 0.15) is 0 Å². The first kappa shape index (κ1) is 19.5. The first-order valence-electron chi connectivity index (χ1n) is 7.94. The smallest absolute Gasteiger partial charge is 0.222 e. The van der Waals surface area contributed by atoms with Crippen molar-refractivity contribution in [2.24, 2.45) is 5.73 Å². The topological polar surface area (TPSA) is 75.4 Å². The Bertz CT molecular complexity index is 508. The highest BCUT2D eigenvalue weighted by Gasteiger charge is 2.25. The maximum absolute atomic E-state index is 12.1. The molecule has 23 heavy (non-hydrogen) atoms. The predicted molar refractivity (Wildman–Crippen MR) is 93.3 cm³/mol. The molecule has 3 N–H and O–H groups in total. The van der Waals surface area contributed by atoms with Crippen molar-refractivity contribution in [3.8, 4) is 0 Å². The van der Waals surface area contributed by atoms with Crippen LogP contribution in [0.3, 0.4) is 0 Å². The number of nitrogens with two attached hydrogens (primary N) is 1. The second-order valence-electron chi connectivity index (χ2n) is 5.99. The van der Waals surface area contributed by atoms with Gasteiger partial charge in [0.2, 0.25) is 11.8 Å². The Labute approximate surface area is 144 Å². The van der Waals surface area contributed by atoms with Gasteiger partial charge in [0, 0.05) is 32.0 Å². The van der Waals surface area contributed by atoms with Crippen LogP contribution in [0.25, 0.3) is 0 Å². The standard InChI is InChI=1S/C17H25N3O2.ClH/c1-13(18)9-10-16(21)19-15(14-6-3-2-4-7-14)12-20-11-5-8-17(20)22;/h2-4,6-7,13,15H,5,8-12,18H2,1H3,(H,19,21);1H. The number of nitrogens with zero attached hydrogens (tertiary/aromatic N) is 1. The molecule has 2 unspecified atom stereocenters. The summed E-state index contributed by atoms with van der Waals surface area (Å²) < 4.78 is 0. The maximum atomic E-state index is 12.1. The summed E-state index contributed by atoms with van der Waals surface area (Å²) >= 11 is 0. The van der Waals surface area contributed by atoms with Gasteiger partial charge in [-0.2, -0.15) is 0 Å². The molecule has 1 heterocycles. The fraction of sp³-hybridized carbons (Fsp3) is 0.529. The minimum Gasteiger partial charge on any atom is -0.348 e. The Morgan fingerprint density at radius 1 is 1.35 bits per heavy atom. The van der Waals surface area contributed by atoms with Gasteiger partial charge in [0.15, 0.2) is 0 Å². The van der Waals surface area contributed by atoms with Crippen LogP contribution in [0, 0.1) is 0 Å². The first-order chi connectivity index (χ1) is 10.6. The van der Waals surface area contributed by atoms with Crippen LogP contribution in [-0.4, -0.2) is 35.8 Å². The molecule has 5 nitrogen and oxygen atoms in total. The van der Waals surface area contributed by atoms with E-state index in [-0.39, 0.29) is 36.3 Å². The Balaban J connectivity index is 0.00000264. The summed E-state index contributed by atoms with van der Waals surface area (Å²) in [6.45, 7) is 3.20. The summed E-state index contributed by atoms with van der Waals surface area (Å²) in [5.74, 6) is 0.156. The number of nitrogens with one attached hydrogen (secondary N) is 1. The van der Waals surface area contributed by atoms with E-state index in [0.717, 1.165) is 18.5 Å². The predicted octanol–water partition coefficient (Wildman–Crippen LogP) is 2.02. The lowest BCUT2D eigenvalue weighted by Crippen LogP contribution is -2.38. The van der Waals surface area contributed by atoms with Gasteiger partial charge in [0.25, 0.3) is 0 Å². The van der Waals surface area contributed by atoms with E-state index in [1.165, 1.54) is 0 Å². The summed E-state index contributed by atoms with van der Waals surface area (Å²) in [5, 5.41) is 3.05. The van der Waals surface area contributed by atoms with Crippen LogP contribution in [0.2, 0.25) is 0 Å². The van der Waals surface area contributed by atoms with Crippen LogP contribution in [0.5, 0.6) is 0 Å². The minimum absolute atomic E-state index is 0. The number of hydrogen-bond donors (Lipinski definition) is 2. The maximum Gasteiger partial charge on any atom is 0.222 e. The van der Waals surface area contributed by atoms with Crippen molar-refractivity contribution in [1.29, 1.82) is 0 Å². The van der Waals surface area contributed by atoms with Crippen molar-refractivity contribution in [2.75, 3.05) is 13.1 Å². The third kappa shape index (κ3) is 6.20. The van der Waals surface area contributed by atoms with E-state index >= 15 is 0 Å². The van der Waals surface area contributed by atoms with Gasteiger partial charge in [0.05, 0.1) is 6.04 Å². The van der Waals surface area contributed by atoms with Gasteiger partial charge in [-0.3, -0.25) is 9.59 Å². The van der Waals surface area contributed by atoms with E-state index in [1.54, 1.807) is 0 Å². The summed E-state index contributed by atoms with van der Waals surface area (Å²) in [4.78, 5) is 25.8. The second-order valence-corrected chi connectivity index (χ2v) is 5.99. The molecule has 1 aliphatic rings. The van der Waals surface area contributed by atoms with Crippen molar-refractivity contribution in [2.45, 2.75) is 44.7 Å². The van der Waals surface area contributed by atoms with Gasteiger partial charge in [-0.25, -0.2) is 0 Å². The van der Waals surface area contributed by atoms with Gasteiger partial charge < -0.3 is 16.0 Å². The van der Waals surface area contributed by atoms with Gasteiger partial charge in [-0.05, 0) is 25.3 Å². The summed E-state index contributed by atoms with van der Waals surface area (Å²) in [7, 11) is 0. The average molecular weight is 340 g/mol. The van der Waals surface area contributed by atoms with Crippen LogP contribution >= 0.6 is 12.4 Å². The molecule has 1 aromatic rings. The zero-order valence-corrected chi connectivity index (χ0v) is 14.3. The van der Waals surface area contributed by atoms with Crippen LogP contribution < -0.4 is 11.1 Å². The summed E-state index contributed by atoms with van der Waals surface area (Å²) in [5.41, 5.74) is 6.72. The number of rotatable bonds is 7. The average Bonchev–Trinajstić information content (AvgIpc) is 2.90. The van der Waals surface area contributed by atoms with Gasteiger partial charge >= 0.3 is 0 Å². The molecule has 0 saturated carbocycles. The van der Waals surface area contributed by atoms with E-state index in [2.05, 4.69) is 5.32 Å². The lowest BCUT2D eigenvalue weighted by atomic mass is 10.1. The molecular formula is C17H26ClN3O2. The fourth-order valence-electron chi connectivity index (χ4n) is 2.66. The van der Waals surface area contributed by atoms with Crippen LogP contribution in [0.1, 0.15) is 44.2 Å². The van der Waals surface area contributed by atoms with Crippen molar-refractivity contribution >= 4 is 24.2 Å². The lowest BCUT2D eigenvalue weighted by Gasteiger charge is -2.25. The number of hydrogen-bond acceptors (Lipinski definition) is 3. The van der Waals surface area contributed by atoms with E-state index < -0.39 is 0 Å². The molecule has 1 fully saturated rings. The second kappa shape index (κ2) is 9.53. The SMILES string of the molecule is CC(N)CCC(=O)NC(CN1CCCC1=O)c1ccccc1.Cl. The van der Waals surface area contributed by atoms with E-state index in [1.807, 2.05) is 42.2 Å². The molecular weight excluding hydrogens is 314 g/mol. The molecule has 6 heteroatoms. The molecule has 0 aliphatic carbocycles. The lowest BCUT2D eigenvalue weighted by molar-refractivity contribution is -0.129. The monoisotopic (exact) mass is 339 g/mol. The van der Waals surface area contributed by atoms with Crippen LogP contribution in [-0.2, 0) is 9.59 Å². The summed E-state index contributed by atoms with van der Waals surface area (Å²) in [6.07, 6.45) is 2.59. The molecule has 1 saturated heterocycles. The zero-order chi connectivity index (χ0) is 15.9. The highest BCUT2D eigenvalue weighted by molar-refractivity contribution is 5.85. The molecule has 2 amide bonds. The zero-order valence-electron chi connectivity index (χ0n) is 13.5. The minimum atomic E-state index is -0.163. The van der Waals surface area contributed by atoms with Crippen LogP contribution in [0.4, 0.5) is 0 Å². The highest BCUT2D eigenvalue weighted by Crippen LogP contribution is 2.18. The molecule has 2 rings (SSSR count). The molecule has 0 aromatic heterocycles. The third-order valence-electron chi connectivity index (χ3n) is 3.94. The Morgan fingerprint density at radius 3 is 2.61 bits per heavy atom.